The molecule has 0 atom stereocenters. The zero-order chi connectivity index (χ0) is 16.9. The van der Waals surface area contributed by atoms with Gasteiger partial charge in [-0.1, -0.05) is 33.3 Å². The molecule has 24 heavy (non-hydrogen) atoms. The Hall–Kier alpha value is -2.74. The summed E-state index contributed by atoms with van der Waals surface area (Å²) in [6.45, 7) is 0.407. The summed E-state index contributed by atoms with van der Waals surface area (Å²) in [5.41, 5.74) is 4.61. The van der Waals surface area contributed by atoms with Crippen LogP contribution >= 0.6 is 15.9 Å². The number of phenolic OH excluding ortho intramolecular Hbond substituents is 1. The van der Waals surface area contributed by atoms with Crippen molar-refractivity contribution in [3.63, 3.8) is 0 Å². The van der Waals surface area contributed by atoms with E-state index in [1.165, 1.54) is 6.21 Å². The average molecular weight is 388 g/mol. The maximum Gasteiger partial charge on any atom is 0.241 e. The maximum atomic E-state index is 11.9. The van der Waals surface area contributed by atoms with E-state index in [1.807, 2.05) is 24.3 Å². The number of benzene rings is 2. The molecular formula is C16H14BrN5O2. The lowest BCUT2D eigenvalue weighted by molar-refractivity contribution is -0.121. The van der Waals surface area contributed by atoms with E-state index in [4.69, 9.17) is 0 Å². The van der Waals surface area contributed by atoms with Crippen LogP contribution < -0.4 is 5.43 Å². The topological polar surface area (TPSA) is 92.4 Å². The second kappa shape index (κ2) is 7.22. The number of hydrazone groups is 1. The molecule has 0 bridgehead atoms. The molecule has 122 valence electrons. The zero-order valence-corrected chi connectivity index (χ0v) is 14.1. The first-order valence-electron chi connectivity index (χ1n) is 7.22. The number of amides is 1. The maximum absolute atomic E-state index is 11.9. The van der Waals surface area contributed by atoms with Gasteiger partial charge in [0, 0.05) is 16.5 Å². The fourth-order valence-electron chi connectivity index (χ4n) is 2.15. The molecule has 1 amide bonds. The van der Waals surface area contributed by atoms with Gasteiger partial charge in [0.15, 0.2) is 0 Å². The number of nitrogens with one attached hydrogen (secondary N) is 1. The third-order valence-electron chi connectivity index (χ3n) is 3.35. The minimum atomic E-state index is -0.250. The number of rotatable bonds is 5. The molecule has 0 aliphatic carbocycles. The van der Waals surface area contributed by atoms with Gasteiger partial charge in [-0.05, 0) is 30.3 Å². The standard InChI is InChI=1S/C16H14BrN5O2/c17-12-5-6-15(23)11(9-12)10-18-20-16(24)7-8-22-14-4-2-1-3-13(14)19-21-22/h1-6,9-10,23H,7-8H2,(H,20,24). The van der Waals surface area contributed by atoms with Gasteiger partial charge in [0.1, 0.15) is 11.3 Å². The van der Waals surface area contributed by atoms with Crippen LogP contribution in [0.3, 0.4) is 0 Å². The highest BCUT2D eigenvalue weighted by Gasteiger charge is 2.06. The van der Waals surface area contributed by atoms with Crippen molar-refractivity contribution in [3.05, 3.63) is 52.5 Å². The number of hydrogen-bond acceptors (Lipinski definition) is 5. The van der Waals surface area contributed by atoms with Crippen molar-refractivity contribution >= 4 is 39.1 Å². The number of aromatic hydroxyl groups is 1. The number of halogens is 1. The summed E-state index contributed by atoms with van der Waals surface area (Å²) in [7, 11) is 0. The number of fused-ring (bicyclic) bond motifs is 1. The van der Waals surface area contributed by atoms with Gasteiger partial charge >= 0.3 is 0 Å². The van der Waals surface area contributed by atoms with E-state index in [0.29, 0.717) is 12.1 Å². The summed E-state index contributed by atoms with van der Waals surface area (Å²) in [6, 6.07) is 12.5. The van der Waals surface area contributed by atoms with Gasteiger partial charge in [0.05, 0.1) is 18.3 Å². The van der Waals surface area contributed by atoms with Crippen LogP contribution in [0.4, 0.5) is 0 Å². The minimum Gasteiger partial charge on any atom is -0.507 e. The fraction of sp³-hybridized carbons (Fsp3) is 0.125. The molecular weight excluding hydrogens is 374 g/mol. The number of hydrogen-bond donors (Lipinski definition) is 2. The quantitative estimate of drug-likeness (QED) is 0.519. The summed E-state index contributed by atoms with van der Waals surface area (Å²) >= 11 is 3.31. The van der Waals surface area contributed by atoms with Gasteiger partial charge in [0.2, 0.25) is 5.91 Å². The predicted octanol–water partition coefficient (Wildman–Crippen LogP) is 2.44. The number of carbonyl (C=O) groups is 1. The fourth-order valence-corrected chi connectivity index (χ4v) is 2.53. The molecule has 0 saturated carbocycles. The van der Waals surface area contributed by atoms with E-state index in [-0.39, 0.29) is 18.1 Å². The Morgan fingerprint density at radius 1 is 1.33 bits per heavy atom. The molecule has 0 fully saturated rings. The van der Waals surface area contributed by atoms with Crippen LogP contribution in [0.1, 0.15) is 12.0 Å². The molecule has 2 N–H and O–H groups in total. The summed E-state index contributed by atoms with van der Waals surface area (Å²) in [4.78, 5) is 11.9. The highest BCUT2D eigenvalue weighted by molar-refractivity contribution is 9.10. The van der Waals surface area contributed by atoms with Crippen LogP contribution in [0, 0.1) is 0 Å². The average Bonchev–Trinajstić information content (AvgIpc) is 2.99. The third-order valence-corrected chi connectivity index (χ3v) is 3.85. The molecule has 0 spiro atoms. The lowest BCUT2D eigenvalue weighted by Gasteiger charge is -2.02. The normalized spacial score (nSPS) is 11.2. The van der Waals surface area contributed by atoms with Crippen LogP contribution in [0.25, 0.3) is 11.0 Å². The molecule has 7 nitrogen and oxygen atoms in total. The van der Waals surface area contributed by atoms with Crippen molar-refractivity contribution in [2.45, 2.75) is 13.0 Å². The van der Waals surface area contributed by atoms with E-state index in [2.05, 4.69) is 36.8 Å². The van der Waals surface area contributed by atoms with Crippen LogP contribution in [-0.4, -0.2) is 32.2 Å². The minimum absolute atomic E-state index is 0.0882. The Labute approximate surface area is 146 Å². The number of aryl methyl sites for hydroxylation is 1. The molecule has 8 heteroatoms. The molecule has 0 aliphatic heterocycles. The Kier molecular flexibility index (Phi) is 4.85. The van der Waals surface area contributed by atoms with Crippen molar-refractivity contribution in [2.75, 3.05) is 0 Å². The summed E-state index contributed by atoms with van der Waals surface area (Å²) in [5, 5.41) is 21.6. The largest absolute Gasteiger partial charge is 0.507 e. The predicted molar refractivity (Wildman–Crippen MR) is 93.7 cm³/mol. The van der Waals surface area contributed by atoms with E-state index in [9.17, 15) is 9.90 Å². The Morgan fingerprint density at radius 2 is 2.17 bits per heavy atom. The van der Waals surface area contributed by atoms with Crippen molar-refractivity contribution in [1.29, 1.82) is 0 Å². The second-order valence-electron chi connectivity index (χ2n) is 5.05. The number of nitrogens with zero attached hydrogens (tertiary/aromatic N) is 4. The first-order valence-corrected chi connectivity index (χ1v) is 8.01. The van der Waals surface area contributed by atoms with Gasteiger partial charge in [-0.25, -0.2) is 10.1 Å². The van der Waals surface area contributed by atoms with Gasteiger partial charge < -0.3 is 5.11 Å². The van der Waals surface area contributed by atoms with Gasteiger partial charge in [-0.15, -0.1) is 5.10 Å². The molecule has 1 aromatic heterocycles. The molecule has 2 aromatic carbocycles. The highest BCUT2D eigenvalue weighted by atomic mass is 79.9. The first kappa shape index (κ1) is 16.1. The molecule has 1 heterocycles. The summed E-state index contributed by atoms with van der Waals surface area (Å²) in [6.07, 6.45) is 1.61. The van der Waals surface area contributed by atoms with E-state index >= 15 is 0 Å². The molecule has 0 radical (unpaired) electrons. The molecule has 0 unspecified atom stereocenters. The number of carbonyl (C=O) groups excluding carboxylic acids is 1. The molecule has 0 saturated heterocycles. The number of para-hydroxylation sites is 1. The molecule has 3 rings (SSSR count). The Bertz CT molecular complexity index is 906. The SMILES string of the molecule is O=C(CCn1nnc2ccccc21)NN=Cc1cc(Br)ccc1O. The van der Waals surface area contributed by atoms with E-state index < -0.39 is 0 Å². The Morgan fingerprint density at radius 3 is 3.04 bits per heavy atom. The van der Waals surface area contributed by atoms with Crippen LogP contribution in [-0.2, 0) is 11.3 Å². The lowest BCUT2D eigenvalue weighted by atomic mass is 10.2. The van der Waals surface area contributed by atoms with Gasteiger partial charge in [0.25, 0.3) is 0 Å². The van der Waals surface area contributed by atoms with Crippen LogP contribution in [0.5, 0.6) is 5.75 Å². The summed E-state index contributed by atoms with van der Waals surface area (Å²) in [5.74, 6) is -0.161. The Balaban J connectivity index is 1.56. The smallest absolute Gasteiger partial charge is 0.241 e. The van der Waals surface area contributed by atoms with Crippen LogP contribution in [0.2, 0.25) is 0 Å². The van der Waals surface area contributed by atoms with Crippen molar-refractivity contribution in [2.24, 2.45) is 5.10 Å². The molecule has 3 aromatic rings. The van der Waals surface area contributed by atoms with Crippen molar-refractivity contribution in [3.8, 4) is 5.75 Å². The first-order chi connectivity index (χ1) is 11.6. The lowest BCUT2D eigenvalue weighted by Crippen LogP contribution is -2.19. The highest BCUT2D eigenvalue weighted by Crippen LogP contribution is 2.19. The van der Waals surface area contributed by atoms with Crippen LogP contribution in [0.15, 0.2) is 52.0 Å². The van der Waals surface area contributed by atoms with Gasteiger partial charge in [-0.2, -0.15) is 5.10 Å². The molecule has 0 aliphatic rings. The number of phenols is 1. The second-order valence-corrected chi connectivity index (χ2v) is 5.96. The van der Waals surface area contributed by atoms with E-state index in [1.54, 1.807) is 22.9 Å². The van der Waals surface area contributed by atoms with Crippen molar-refractivity contribution in [1.82, 2.24) is 20.4 Å². The van der Waals surface area contributed by atoms with Gasteiger partial charge in [-0.3, -0.25) is 4.79 Å². The summed E-state index contributed by atoms with van der Waals surface area (Å²) < 4.78 is 2.49. The zero-order valence-electron chi connectivity index (χ0n) is 12.6. The monoisotopic (exact) mass is 387 g/mol. The number of aromatic nitrogens is 3. The van der Waals surface area contributed by atoms with Crippen molar-refractivity contribution < 1.29 is 9.90 Å². The third kappa shape index (κ3) is 3.77. The van der Waals surface area contributed by atoms with E-state index in [0.717, 1.165) is 15.5 Å².